The molecule has 0 aromatic rings. The van der Waals surface area contributed by atoms with Gasteiger partial charge in [0, 0.05) is 12.3 Å². The van der Waals surface area contributed by atoms with E-state index >= 15 is 0 Å². The minimum absolute atomic E-state index is 0.752. The molecule has 0 bridgehead atoms. The summed E-state index contributed by atoms with van der Waals surface area (Å²) in [5.41, 5.74) is 0. The lowest BCUT2D eigenvalue weighted by atomic mass is 10.5. The average molecular weight is 99.2 g/mol. The second-order valence-electron chi connectivity index (χ2n) is 0.987. The Morgan fingerprint density at radius 1 is 1.83 bits per heavy atom. The zero-order valence-electron chi connectivity index (χ0n) is 3.51. The van der Waals surface area contributed by atoms with Crippen molar-refractivity contribution in [1.29, 1.82) is 0 Å². The van der Waals surface area contributed by atoms with E-state index in [1.54, 1.807) is 6.20 Å². The highest BCUT2D eigenvalue weighted by Gasteiger charge is 1.92. The van der Waals surface area contributed by atoms with Crippen molar-refractivity contribution < 1.29 is 4.43 Å². The molecular formula is C3H5NOSi. The van der Waals surface area contributed by atoms with Crippen LogP contribution in [0.1, 0.15) is 0 Å². The Morgan fingerprint density at radius 3 is 2.50 bits per heavy atom. The average Bonchev–Trinajstić information content (AvgIpc) is 1.31. The molecule has 6 heavy (non-hydrogen) atoms. The Hall–Kier alpha value is -0.573. The fraction of sp³-hybridized carbons (Fsp3) is 0. The van der Waals surface area contributed by atoms with E-state index in [0.29, 0.717) is 0 Å². The van der Waals surface area contributed by atoms with Crippen molar-refractivity contribution in [3.8, 4) is 0 Å². The van der Waals surface area contributed by atoms with Crippen LogP contribution in [0.15, 0.2) is 17.3 Å². The molecule has 0 spiro atoms. The van der Waals surface area contributed by atoms with Crippen LogP contribution >= 0.6 is 0 Å². The van der Waals surface area contributed by atoms with Gasteiger partial charge in [0.1, 0.15) is 0 Å². The molecule has 0 N–H and O–H groups in total. The van der Waals surface area contributed by atoms with Crippen molar-refractivity contribution in [1.82, 2.24) is 0 Å². The third-order valence-electron chi connectivity index (χ3n) is 0.628. The summed E-state index contributed by atoms with van der Waals surface area (Å²) in [6, 6.07) is 0. The van der Waals surface area contributed by atoms with Gasteiger partial charge in [-0.15, -0.1) is 0 Å². The van der Waals surface area contributed by atoms with Crippen LogP contribution in [0.4, 0.5) is 0 Å². The van der Waals surface area contributed by atoms with Gasteiger partial charge in [0.15, 0.2) is 5.90 Å². The van der Waals surface area contributed by atoms with Crippen molar-refractivity contribution in [3.05, 3.63) is 12.3 Å². The van der Waals surface area contributed by atoms with E-state index in [1.807, 2.05) is 6.08 Å². The van der Waals surface area contributed by atoms with E-state index in [1.165, 1.54) is 0 Å². The quantitative estimate of drug-likeness (QED) is 0.365. The number of rotatable bonds is 0. The fourth-order valence-electron chi connectivity index (χ4n) is 0.256. The highest BCUT2D eigenvalue weighted by atomic mass is 28.2. The number of hydrogen-bond acceptors (Lipinski definition) is 2. The first kappa shape index (κ1) is 3.61. The van der Waals surface area contributed by atoms with Crippen LogP contribution in [0.3, 0.4) is 0 Å². The fourth-order valence-corrected chi connectivity index (χ4v) is 0.498. The van der Waals surface area contributed by atoms with E-state index in [9.17, 15) is 0 Å². The molecule has 2 nitrogen and oxygen atoms in total. The Kier molecular flexibility index (Phi) is 0.758. The number of aliphatic imine (C=N–C) groups is 1. The standard InChI is InChI=1S/C3H5NOSi/c6-5-3-1-2-4-3/h1-2H,6H3. The lowest BCUT2D eigenvalue weighted by Crippen LogP contribution is -2.01. The summed E-state index contributed by atoms with van der Waals surface area (Å²) in [5.74, 6) is 0.779. The van der Waals surface area contributed by atoms with Gasteiger partial charge in [0.25, 0.3) is 0 Å². The van der Waals surface area contributed by atoms with Gasteiger partial charge in [0.05, 0.1) is 0 Å². The molecule has 0 atom stereocenters. The lowest BCUT2D eigenvalue weighted by Gasteiger charge is -2.01. The van der Waals surface area contributed by atoms with Crippen LogP contribution in [0.25, 0.3) is 0 Å². The molecule has 1 rings (SSSR count). The predicted molar refractivity (Wildman–Crippen MR) is 27.6 cm³/mol. The summed E-state index contributed by atoms with van der Waals surface area (Å²) in [7, 11) is 0.752. The van der Waals surface area contributed by atoms with Gasteiger partial charge in [-0.25, -0.2) is 4.99 Å². The summed E-state index contributed by atoms with van der Waals surface area (Å²) in [6.45, 7) is 0. The minimum Gasteiger partial charge on any atom is -0.540 e. The molecular weight excluding hydrogens is 94.1 g/mol. The van der Waals surface area contributed by atoms with Crippen LogP contribution in [0.2, 0.25) is 0 Å². The maximum atomic E-state index is 4.79. The maximum Gasteiger partial charge on any atom is 0.206 e. The number of nitrogens with zero attached hydrogens (tertiary/aromatic N) is 1. The highest BCUT2D eigenvalue weighted by molar-refractivity contribution is 6.10. The molecule has 1 heterocycles. The van der Waals surface area contributed by atoms with E-state index in [2.05, 4.69) is 4.99 Å². The summed E-state index contributed by atoms with van der Waals surface area (Å²) >= 11 is 0. The minimum atomic E-state index is 0.752. The molecule has 0 amide bonds. The van der Waals surface area contributed by atoms with Crippen molar-refractivity contribution in [3.63, 3.8) is 0 Å². The first-order valence-electron chi connectivity index (χ1n) is 1.72. The second-order valence-corrected chi connectivity index (χ2v) is 1.40. The predicted octanol–water partition coefficient (Wildman–Crippen LogP) is -0.791. The summed E-state index contributed by atoms with van der Waals surface area (Å²) < 4.78 is 4.79. The van der Waals surface area contributed by atoms with Gasteiger partial charge in [-0.1, -0.05) is 0 Å². The van der Waals surface area contributed by atoms with Crippen LogP contribution < -0.4 is 0 Å². The smallest absolute Gasteiger partial charge is 0.206 e. The van der Waals surface area contributed by atoms with Crippen molar-refractivity contribution in [2.75, 3.05) is 0 Å². The van der Waals surface area contributed by atoms with Crippen LogP contribution in [0, 0.1) is 0 Å². The van der Waals surface area contributed by atoms with Gasteiger partial charge >= 0.3 is 0 Å². The van der Waals surface area contributed by atoms with Crippen molar-refractivity contribution in [2.24, 2.45) is 4.99 Å². The van der Waals surface area contributed by atoms with Gasteiger partial charge < -0.3 is 4.43 Å². The Balaban J connectivity index is 2.37. The van der Waals surface area contributed by atoms with Crippen LogP contribution in [0.5, 0.6) is 0 Å². The van der Waals surface area contributed by atoms with Gasteiger partial charge in [0.2, 0.25) is 10.5 Å². The van der Waals surface area contributed by atoms with Crippen LogP contribution in [-0.2, 0) is 4.43 Å². The van der Waals surface area contributed by atoms with Crippen molar-refractivity contribution in [2.45, 2.75) is 0 Å². The molecule has 0 saturated carbocycles. The third-order valence-corrected chi connectivity index (χ3v) is 1.05. The Bertz CT molecular complexity index is 107. The summed E-state index contributed by atoms with van der Waals surface area (Å²) in [6.07, 6.45) is 3.56. The lowest BCUT2D eigenvalue weighted by molar-refractivity contribution is 0.612. The first-order chi connectivity index (χ1) is 2.93. The molecule has 0 fully saturated rings. The summed E-state index contributed by atoms with van der Waals surface area (Å²) in [5, 5.41) is 0. The maximum absolute atomic E-state index is 4.79. The molecule has 0 unspecified atom stereocenters. The largest absolute Gasteiger partial charge is 0.540 e. The SMILES string of the molecule is [SiH3]OC1=NC=C1. The monoisotopic (exact) mass is 99.0 g/mol. The van der Waals surface area contributed by atoms with E-state index in [4.69, 9.17) is 4.43 Å². The van der Waals surface area contributed by atoms with Gasteiger partial charge in [-0.05, 0) is 0 Å². The topological polar surface area (TPSA) is 21.6 Å². The Labute approximate surface area is 39.1 Å². The second kappa shape index (κ2) is 1.26. The van der Waals surface area contributed by atoms with E-state index in [-0.39, 0.29) is 0 Å². The van der Waals surface area contributed by atoms with Crippen molar-refractivity contribution >= 4 is 16.4 Å². The molecule has 0 saturated heterocycles. The zero-order chi connectivity index (χ0) is 4.41. The normalized spacial score (nSPS) is 16.3. The molecule has 0 aromatic heterocycles. The third kappa shape index (κ3) is 0.366. The zero-order valence-corrected chi connectivity index (χ0v) is 5.51. The molecule has 3 heteroatoms. The summed E-state index contributed by atoms with van der Waals surface area (Å²) in [4.78, 5) is 3.74. The number of hydrogen-bond donors (Lipinski definition) is 0. The highest BCUT2D eigenvalue weighted by Crippen LogP contribution is 1.93. The van der Waals surface area contributed by atoms with Gasteiger partial charge in [-0.3, -0.25) is 0 Å². The van der Waals surface area contributed by atoms with E-state index < -0.39 is 0 Å². The van der Waals surface area contributed by atoms with E-state index in [0.717, 1.165) is 16.4 Å². The molecule has 0 radical (unpaired) electrons. The molecule has 1 aliphatic rings. The molecule has 1 aliphatic heterocycles. The van der Waals surface area contributed by atoms with Crippen LogP contribution in [-0.4, -0.2) is 16.4 Å². The first-order valence-corrected chi connectivity index (χ1v) is 2.53. The molecule has 0 aromatic carbocycles. The molecule has 0 aliphatic carbocycles. The van der Waals surface area contributed by atoms with Gasteiger partial charge in [-0.2, -0.15) is 0 Å². The Morgan fingerprint density at radius 2 is 2.50 bits per heavy atom. The molecule has 32 valence electrons.